The van der Waals surface area contributed by atoms with E-state index in [0.29, 0.717) is 5.69 Å². The number of hydrogen-bond acceptors (Lipinski definition) is 5. The molecule has 0 radical (unpaired) electrons. The molecule has 0 saturated carbocycles. The van der Waals surface area contributed by atoms with Gasteiger partial charge >= 0.3 is 0 Å². The molecule has 0 fully saturated rings. The molecule has 0 aliphatic heterocycles. The molecule has 0 saturated heterocycles. The number of sulfonamides is 1. The average molecular weight is 293 g/mol. The lowest BCUT2D eigenvalue weighted by Crippen LogP contribution is -2.13. The van der Waals surface area contributed by atoms with Gasteiger partial charge in [-0.15, -0.1) is 0 Å². The first-order chi connectivity index (χ1) is 9.40. The topological polar surface area (TPSA) is 115 Å². The number of anilines is 2. The van der Waals surface area contributed by atoms with Gasteiger partial charge in [-0.05, 0) is 24.3 Å². The summed E-state index contributed by atoms with van der Waals surface area (Å²) in [5, 5.41) is 10.6. The summed E-state index contributed by atoms with van der Waals surface area (Å²) in [7, 11) is -3.83. The number of nitrogens with zero attached hydrogens (tertiary/aromatic N) is 1. The lowest BCUT2D eigenvalue weighted by atomic mass is 10.3. The van der Waals surface area contributed by atoms with E-state index < -0.39 is 14.9 Å². The fraction of sp³-hybridized carbons (Fsp3) is 0. The van der Waals surface area contributed by atoms with Gasteiger partial charge in [0.15, 0.2) is 0 Å². The molecule has 0 aliphatic carbocycles. The minimum absolute atomic E-state index is 0.135. The number of benzene rings is 2. The maximum absolute atomic E-state index is 12.1. The van der Waals surface area contributed by atoms with E-state index in [4.69, 9.17) is 5.73 Å². The Hall–Kier alpha value is -2.61. The van der Waals surface area contributed by atoms with Crippen LogP contribution in [0.1, 0.15) is 0 Å². The molecule has 8 heteroatoms. The molecule has 2 aromatic carbocycles. The van der Waals surface area contributed by atoms with Crippen LogP contribution < -0.4 is 10.5 Å². The Morgan fingerprint density at radius 3 is 2.30 bits per heavy atom. The molecule has 3 N–H and O–H groups in total. The first kappa shape index (κ1) is 13.8. The van der Waals surface area contributed by atoms with Crippen LogP contribution in [-0.4, -0.2) is 13.3 Å². The zero-order valence-electron chi connectivity index (χ0n) is 10.2. The van der Waals surface area contributed by atoms with Gasteiger partial charge in [-0.2, -0.15) is 0 Å². The standard InChI is InChI=1S/C12H11N3O4S/c13-11-8-10(6-7-12(11)15(16)17)20(18,19)14-9-4-2-1-3-5-9/h1-8,14H,13H2. The van der Waals surface area contributed by atoms with Crippen LogP contribution in [0, 0.1) is 10.1 Å². The van der Waals surface area contributed by atoms with Crippen molar-refractivity contribution in [3.05, 3.63) is 58.6 Å². The maximum atomic E-state index is 12.1. The van der Waals surface area contributed by atoms with Gasteiger partial charge in [0.1, 0.15) is 5.69 Å². The van der Waals surface area contributed by atoms with Crippen LogP contribution >= 0.6 is 0 Å². The molecule has 7 nitrogen and oxygen atoms in total. The number of nitrogens with one attached hydrogen (secondary N) is 1. The van der Waals surface area contributed by atoms with Crippen LogP contribution in [0.2, 0.25) is 0 Å². The van der Waals surface area contributed by atoms with Crippen LogP contribution in [0.15, 0.2) is 53.4 Å². The molecule has 0 spiro atoms. The predicted octanol–water partition coefficient (Wildman–Crippen LogP) is 1.98. The van der Waals surface area contributed by atoms with Crippen LogP contribution in [0.4, 0.5) is 17.1 Å². The van der Waals surface area contributed by atoms with E-state index in [1.54, 1.807) is 30.3 Å². The Bertz CT molecular complexity index is 745. The summed E-state index contributed by atoms with van der Waals surface area (Å²) in [4.78, 5) is 9.83. The second-order valence-corrected chi connectivity index (χ2v) is 5.63. The summed E-state index contributed by atoms with van der Waals surface area (Å²) < 4.78 is 26.6. The van der Waals surface area contributed by atoms with Gasteiger partial charge in [0.2, 0.25) is 0 Å². The fourth-order valence-electron chi connectivity index (χ4n) is 1.59. The minimum atomic E-state index is -3.83. The van der Waals surface area contributed by atoms with E-state index in [1.807, 2.05) is 0 Å². The third-order valence-electron chi connectivity index (χ3n) is 2.53. The van der Waals surface area contributed by atoms with Crippen molar-refractivity contribution in [1.82, 2.24) is 0 Å². The van der Waals surface area contributed by atoms with Crippen molar-refractivity contribution < 1.29 is 13.3 Å². The minimum Gasteiger partial charge on any atom is -0.393 e. The summed E-state index contributed by atoms with van der Waals surface area (Å²) in [6.45, 7) is 0. The van der Waals surface area contributed by atoms with Gasteiger partial charge in [-0.1, -0.05) is 18.2 Å². The summed E-state index contributed by atoms with van der Waals surface area (Å²) in [5.74, 6) is 0. The normalized spacial score (nSPS) is 11.0. The number of para-hydroxylation sites is 1. The molecule has 20 heavy (non-hydrogen) atoms. The Morgan fingerprint density at radius 1 is 1.10 bits per heavy atom. The van der Waals surface area contributed by atoms with Gasteiger partial charge in [-0.3, -0.25) is 14.8 Å². The Balaban J connectivity index is 2.35. The molecule has 0 atom stereocenters. The van der Waals surface area contributed by atoms with E-state index in [2.05, 4.69) is 4.72 Å². The first-order valence-electron chi connectivity index (χ1n) is 5.52. The molecule has 2 rings (SSSR count). The fourth-order valence-corrected chi connectivity index (χ4v) is 2.68. The summed E-state index contributed by atoms with van der Waals surface area (Å²) in [6, 6.07) is 11.6. The van der Waals surface area contributed by atoms with Gasteiger partial charge < -0.3 is 5.73 Å². The molecular weight excluding hydrogens is 282 g/mol. The number of nitro groups is 1. The summed E-state index contributed by atoms with van der Waals surface area (Å²) in [5.41, 5.74) is 5.34. The van der Waals surface area contributed by atoms with Crippen molar-refractivity contribution >= 4 is 27.1 Å². The van der Waals surface area contributed by atoms with E-state index in [9.17, 15) is 18.5 Å². The maximum Gasteiger partial charge on any atom is 0.292 e. The van der Waals surface area contributed by atoms with E-state index >= 15 is 0 Å². The van der Waals surface area contributed by atoms with Crippen LogP contribution in [-0.2, 0) is 10.0 Å². The summed E-state index contributed by atoms with van der Waals surface area (Å²) >= 11 is 0. The van der Waals surface area contributed by atoms with Crippen molar-refractivity contribution in [3.63, 3.8) is 0 Å². The number of hydrogen-bond donors (Lipinski definition) is 2. The lowest BCUT2D eigenvalue weighted by Gasteiger charge is -2.08. The molecule has 0 aromatic heterocycles. The molecule has 0 aliphatic rings. The van der Waals surface area contributed by atoms with Crippen molar-refractivity contribution in [3.8, 4) is 0 Å². The quantitative estimate of drug-likeness (QED) is 0.508. The number of nitrogens with two attached hydrogens (primary N) is 1. The van der Waals surface area contributed by atoms with E-state index in [0.717, 1.165) is 18.2 Å². The van der Waals surface area contributed by atoms with Crippen molar-refractivity contribution in [2.24, 2.45) is 0 Å². The first-order valence-corrected chi connectivity index (χ1v) is 7.00. The lowest BCUT2D eigenvalue weighted by molar-refractivity contribution is -0.383. The predicted molar refractivity (Wildman–Crippen MR) is 74.8 cm³/mol. The molecule has 0 bridgehead atoms. The van der Waals surface area contributed by atoms with Crippen molar-refractivity contribution in [2.75, 3.05) is 10.5 Å². The Kier molecular flexibility index (Phi) is 3.57. The molecule has 104 valence electrons. The molecule has 0 amide bonds. The van der Waals surface area contributed by atoms with Crippen LogP contribution in [0.25, 0.3) is 0 Å². The number of nitrogen functional groups attached to an aromatic ring is 1. The third kappa shape index (κ3) is 2.86. The number of nitro benzene ring substituents is 1. The highest BCUT2D eigenvalue weighted by molar-refractivity contribution is 7.92. The van der Waals surface area contributed by atoms with Gasteiger partial charge in [0.05, 0.1) is 9.82 Å². The smallest absolute Gasteiger partial charge is 0.292 e. The highest BCUT2D eigenvalue weighted by Crippen LogP contribution is 2.25. The largest absolute Gasteiger partial charge is 0.393 e. The van der Waals surface area contributed by atoms with Crippen molar-refractivity contribution in [2.45, 2.75) is 4.90 Å². The van der Waals surface area contributed by atoms with Crippen LogP contribution in [0.5, 0.6) is 0 Å². The third-order valence-corrected chi connectivity index (χ3v) is 3.91. The zero-order valence-corrected chi connectivity index (χ0v) is 11.0. The molecule has 0 heterocycles. The summed E-state index contributed by atoms with van der Waals surface area (Å²) in [6.07, 6.45) is 0. The Labute approximate surface area is 115 Å². The highest BCUT2D eigenvalue weighted by atomic mass is 32.2. The Morgan fingerprint density at radius 2 is 1.75 bits per heavy atom. The second-order valence-electron chi connectivity index (χ2n) is 3.95. The zero-order chi connectivity index (χ0) is 14.8. The van der Waals surface area contributed by atoms with Gasteiger partial charge in [0.25, 0.3) is 15.7 Å². The molecule has 2 aromatic rings. The highest BCUT2D eigenvalue weighted by Gasteiger charge is 2.19. The van der Waals surface area contributed by atoms with Gasteiger partial charge in [-0.25, -0.2) is 8.42 Å². The van der Waals surface area contributed by atoms with E-state index in [1.165, 1.54) is 0 Å². The SMILES string of the molecule is Nc1cc(S(=O)(=O)Nc2ccccc2)ccc1[N+](=O)[O-]. The molecular formula is C12H11N3O4S. The van der Waals surface area contributed by atoms with E-state index in [-0.39, 0.29) is 16.3 Å². The second kappa shape index (κ2) is 5.17. The average Bonchev–Trinajstić information content (AvgIpc) is 2.38. The monoisotopic (exact) mass is 293 g/mol. The van der Waals surface area contributed by atoms with Gasteiger partial charge in [0, 0.05) is 11.8 Å². The van der Waals surface area contributed by atoms with Crippen molar-refractivity contribution in [1.29, 1.82) is 0 Å². The molecule has 0 unspecified atom stereocenters. The number of rotatable bonds is 4. The van der Waals surface area contributed by atoms with Crippen LogP contribution in [0.3, 0.4) is 0 Å².